The van der Waals surface area contributed by atoms with E-state index in [0.717, 1.165) is 7.11 Å². The SMILES string of the molecule is COC(=O)NC(=O)[C@H](C)OC(=O)c1ccccc1S[C@H]1CCS(=O)(=O)C1. The van der Waals surface area contributed by atoms with E-state index in [1.807, 2.05) is 5.32 Å². The third-order valence-electron chi connectivity index (χ3n) is 3.65. The molecule has 0 spiro atoms. The number of hydrogen-bond donors (Lipinski definition) is 1. The number of hydrogen-bond acceptors (Lipinski definition) is 8. The summed E-state index contributed by atoms with van der Waals surface area (Å²) < 4.78 is 32.6. The van der Waals surface area contributed by atoms with Crippen molar-refractivity contribution in [3.63, 3.8) is 0 Å². The van der Waals surface area contributed by atoms with Crippen LogP contribution in [0.2, 0.25) is 0 Å². The normalized spacial score (nSPS) is 19.4. The van der Waals surface area contributed by atoms with Crippen LogP contribution in [0.4, 0.5) is 4.79 Å². The number of carbonyl (C=O) groups excluding carboxylic acids is 3. The van der Waals surface area contributed by atoms with Gasteiger partial charge in [-0.2, -0.15) is 0 Å². The molecule has 2 rings (SSSR count). The number of imide groups is 1. The number of methoxy groups -OCH3 is 1. The predicted molar refractivity (Wildman–Crippen MR) is 94.8 cm³/mol. The first kappa shape index (κ1) is 20.2. The van der Waals surface area contributed by atoms with E-state index in [1.54, 1.807) is 24.3 Å². The smallest absolute Gasteiger partial charge is 0.413 e. The van der Waals surface area contributed by atoms with Gasteiger partial charge in [-0.1, -0.05) is 12.1 Å². The highest BCUT2D eigenvalue weighted by atomic mass is 32.2. The third-order valence-corrected chi connectivity index (χ3v) is 6.98. The van der Waals surface area contributed by atoms with E-state index in [0.29, 0.717) is 11.3 Å². The molecule has 2 atom stereocenters. The van der Waals surface area contributed by atoms with Crippen molar-refractivity contribution < 1.29 is 32.3 Å². The minimum Gasteiger partial charge on any atom is -0.453 e. The lowest BCUT2D eigenvalue weighted by Crippen LogP contribution is -2.39. The predicted octanol–water partition coefficient (Wildman–Crippen LogP) is 1.39. The van der Waals surface area contributed by atoms with Gasteiger partial charge in [0.05, 0.1) is 24.2 Å². The second kappa shape index (κ2) is 8.54. The maximum atomic E-state index is 12.4. The van der Waals surface area contributed by atoms with Crippen LogP contribution in [0.25, 0.3) is 0 Å². The molecule has 1 aromatic carbocycles. The van der Waals surface area contributed by atoms with Gasteiger partial charge in [0.25, 0.3) is 5.91 Å². The molecule has 1 aliphatic heterocycles. The van der Waals surface area contributed by atoms with Crippen molar-refractivity contribution >= 4 is 39.6 Å². The van der Waals surface area contributed by atoms with E-state index >= 15 is 0 Å². The zero-order valence-electron chi connectivity index (χ0n) is 14.3. The lowest BCUT2D eigenvalue weighted by molar-refractivity contribution is -0.128. The maximum Gasteiger partial charge on any atom is 0.413 e. The molecule has 2 amide bonds. The Labute approximate surface area is 155 Å². The second-order valence-electron chi connectivity index (χ2n) is 5.67. The third kappa shape index (κ3) is 5.46. The van der Waals surface area contributed by atoms with E-state index < -0.39 is 33.9 Å². The summed E-state index contributed by atoms with van der Waals surface area (Å²) in [5.41, 5.74) is 0.236. The molecule has 0 aliphatic carbocycles. The van der Waals surface area contributed by atoms with E-state index in [2.05, 4.69) is 4.74 Å². The number of thioether (sulfide) groups is 1. The summed E-state index contributed by atoms with van der Waals surface area (Å²) in [4.78, 5) is 35.8. The number of nitrogens with one attached hydrogen (secondary N) is 1. The minimum absolute atomic E-state index is 0.0684. The number of carbonyl (C=O) groups is 3. The minimum atomic E-state index is -3.03. The molecule has 10 heteroatoms. The van der Waals surface area contributed by atoms with Crippen molar-refractivity contribution in [2.24, 2.45) is 0 Å². The van der Waals surface area contributed by atoms with Crippen molar-refractivity contribution in [1.29, 1.82) is 0 Å². The van der Waals surface area contributed by atoms with Crippen molar-refractivity contribution in [3.05, 3.63) is 29.8 Å². The van der Waals surface area contributed by atoms with Gasteiger partial charge >= 0.3 is 12.1 Å². The lowest BCUT2D eigenvalue weighted by Gasteiger charge is -2.15. The Hall–Kier alpha value is -2.07. The van der Waals surface area contributed by atoms with Crippen LogP contribution in [0.15, 0.2) is 29.2 Å². The number of sulfone groups is 1. The van der Waals surface area contributed by atoms with Gasteiger partial charge in [0, 0.05) is 10.1 Å². The molecule has 1 heterocycles. The largest absolute Gasteiger partial charge is 0.453 e. The topological polar surface area (TPSA) is 116 Å². The molecule has 1 N–H and O–H groups in total. The lowest BCUT2D eigenvalue weighted by atomic mass is 10.2. The van der Waals surface area contributed by atoms with E-state index in [-0.39, 0.29) is 22.3 Å². The molecule has 26 heavy (non-hydrogen) atoms. The van der Waals surface area contributed by atoms with Crippen LogP contribution in [0.3, 0.4) is 0 Å². The number of rotatable bonds is 5. The molecule has 0 saturated carbocycles. The van der Waals surface area contributed by atoms with E-state index in [1.165, 1.54) is 18.7 Å². The molecule has 8 nitrogen and oxygen atoms in total. The molecule has 0 aromatic heterocycles. The zero-order valence-corrected chi connectivity index (χ0v) is 15.9. The first-order valence-corrected chi connectivity index (χ1v) is 10.5. The molecule has 0 radical (unpaired) electrons. The highest BCUT2D eigenvalue weighted by Crippen LogP contribution is 2.33. The molecule has 0 unspecified atom stereocenters. The van der Waals surface area contributed by atoms with Gasteiger partial charge < -0.3 is 9.47 Å². The fraction of sp³-hybridized carbons (Fsp3) is 0.438. The van der Waals surface area contributed by atoms with Gasteiger partial charge in [-0.15, -0.1) is 11.8 Å². The summed E-state index contributed by atoms with van der Waals surface area (Å²) in [5, 5.41) is 1.79. The van der Waals surface area contributed by atoms with Crippen LogP contribution in [0, 0.1) is 0 Å². The Morgan fingerprint density at radius 3 is 2.58 bits per heavy atom. The van der Waals surface area contributed by atoms with Gasteiger partial charge in [0.15, 0.2) is 15.9 Å². The van der Waals surface area contributed by atoms with Gasteiger partial charge in [0.2, 0.25) is 0 Å². The first-order valence-electron chi connectivity index (χ1n) is 7.77. The fourth-order valence-electron chi connectivity index (χ4n) is 2.30. The maximum absolute atomic E-state index is 12.4. The zero-order chi connectivity index (χ0) is 19.3. The summed E-state index contributed by atoms with van der Waals surface area (Å²) in [7, 11) is -1.92. The standard InChI is InChI=1S/C16H19NO7S2/c1-10(14(18)17-16(20)23-2)24-15(19)12-5-3-4-6-13(12)25-11-7-8-26(21,22)9-11/h3-6,10-11H,7-9H2,1-2H3,(H,17,18,20)/t10-,11-/m0/s1. The monoisotopic (exact) mass is 401 g/mol. The Morgan fingerprint density at radius 1 is 1.27 bits per heavy atom. The molecular formula is C16H19NO7S2. The molecule has 1 aromatic rings. The molecular weight excluding hydrogens is 382 g/mol. The summed E-state index contributed by atoms with van der Waals surface area (Å²) >= 11 is 1.30. The Kier molecular flexibility index (Phi) is 6.65. The summed E-state index contributed by atoms with van der Waals surface area (Å²) in [6, 6.07) is 6.62. The number of ether oxygens (including phenoxy) is 2. The van der Waals surface area contributed by atoms with Crippen LogP contribution >= 0.6 is 11.8 Å². The molecule has 1 fully saturated rings. The van der Waals surface area contributed by atoms with Crippen LogP contribution in [0.5, 0.6) is 0 Å². The average molecular weight is 401 g/mol. The van der Waals surface area contributed by atoms with Crippen molar-refractivity contribution in [3.8, 4) is 0 Å². The fourth-order valence-corrected chi connectivity index (χ4v) is 5.92. The van der Waals surface area contributed by atoms with Crippen LogP contribution < -0.4 is 5.32 Å². The number of benzene rings is 1. The van der Waals surface area contributed by atoms with Crippen LogP contribution in [-0.4, -0.2) is 56.4 Å². The van der Waals surface area contributed by atoms with Crippen LogP contribution in [0.1, 0.15) is 23.7 Å². The van der Waals surface area contributed by atoms with Crippen molar-refractivity contribution in [2.75, 3.05) is 18.6 Å². The quantitative estimate of drug-likeness (QED) is 0.736. The number of alkyl carbamates (subject to hydrolysis) is 1. The Bertz CT molecular complexity index is 807. The summed E-state index contributed by atoms with van der Waals surface area (Å²) in [6.45, 7) is 1.33. The molecule has 142 valence electrons. The Balaban J connectivity index is 2.05. The van der Waals surface area contributed by atoms with Crippen molar-refractivity contribution in [1.82, 2.24) is 5.32 Å². The average Bonchev–Trinajstić information content (AvgIpc) is 2.93. The van der Waals surface area contributed by atoms with Gasteiger partial charge in [0.1, 0.15) is 0 Å². The summed E-state index contributed by atoms with van der Waals surface area (Å²) in [6.07, 6.45) is -1.63. The van der Waals surface area contributed by atoms with Gasteiger partial charge in [-0.05, 0) is 25.5 Å². The highest BCUT2D eigenvalue weighted by molar-refractivity contribution is 8.02. The van der Waals surface area contributed by atoms with Crippen LogP contribution in [-0.2, 0) is 24.1 Å². The molecule has 1 saturated heterocycles. The van der Waals surface area contributed by atoms with E-state index in [9.17, 15) is 22.8 Å². The number of amides is 2. The molecule has 0 bridgehead atoms. The van der Waals surface area contributed by atoms with Gasteiger partial charge in [-0.3, -0.25) is 10.1 Å². The Morgan fingerprint density at radius 2 is 1.96 bits per heavy atom. The first-order chi connectivity index (χ1) is 12.2. The highest BCUT2D eigenvalue weighted by Gasteiger charge is 2.30. The second-order valence-corrected chi connectivity index (χ2v) is 9.24. The van der Waals surface area contributed by atoms with Crippen molar-refractivity contribution in [2.45, 2.75) is 29.6 Å². The molecule has 1 aliphatic rings. The van der Waals surface area contributed by atoms with E-state index in [4.69, 9.17) is 4.74 Å². The van der Waals surface area contributed by atoms with Gasteiger partial charge in [-0.25, -0.2) is 18.0 Å². The number of esters is 1. The summed E-state index contributed by atoms with van der Waals surface area (Å²) in [5.74, 6) is -1.33.